The molecule has 0 aliphatic rings. The van der Waals surface area contributed by atoms with Crippen LogP contribution in [-0.4, -0.2) is 5.66 Å². The third kappa shape index (κ3) is 5.77. The van der Waals surface area contributed by atoms with E-state index in [1.165, 1.54) is 6.20 Å². The third-order valence-electron chi connectivity index (χ3n) is 0.455. The van der Waals surface area contributed by atoms with Crippen molar-refractivity contribution in [2.24, 2.45) is 10.00 Å². The summed E-state index contributed by atoms with van der Waals surface area (Å²) in [7, 11) is 0.583. The molecule has 0 saturated heterocycles. The van der Waals surface area contributed by atoms with Gasteiger partial charge in [0.25, 0.3) is 0 Å². The van der Waals surface area contributed by atoms with E-state index in [-0.39, 0.29) is 0 Å². The monoisotopic (exact) mass is 130 g/mol. The van der Waals surface area contributed by atoms with E-state index in [2.05, 4.69) is 30.4 Å². The molecular formula is C5H11N2P. The van der Waals surface area contributed by atoms with Gasteiger partial charge >= 0.3 is 0 Å². The predicted molar refractivity (Wildman–Crippen MR) is 38.5 cm³/mol. The minimum Gasteiger partial charge on any atom is -0.169 e. The van der Waals surface area contributed by atoms with Gasteiger partial charge in [0.2, 0.25) is 0 Å². The van der Waals surface area contributed by atoms with Crippen molar-refractivity contribution in [3.63, 3.8) is 0 Å². The van der Waals surface area contributed by atoms with Gasteiger partial charge in [0, 0.05) is 14.9 Å². The Morgan fingerprint density at radius 3 is 2.62 bits per heavy atom. The summed E-state index contributed by atoms with van der Waals surface area (Å²) in [5.74, 6) is 0. The highest BCUT2D eigenvalue weighted by atomic mass is 31.1. The lowest BCUT2D eigenvalue weighted by Gasteiger charge is -1.92. The summed E-state index contributed by atoms with van der Waals surface area (Å²) in [6.07, 6.45) is 1.45. The molecule has 0 aliphatic carbocycles. The molecule has 46 valence electrons. The molecule has 0 aliphatic heterocycles. The Morgan fingerprint density at radius 1 is 1.62 bits per heavy atom. The zero-order valence-electron chi connectivity index (χ0n) is 5.26. The molecule has 0 aromatic rings. The summed E-state index contributed by atoms with van der Waals surface area (Å²) in [6.45, 7) is 7.62. The minimum atomic E-state index is 0.583. The Labute approximate surface area is 51.9 Å². The molecule has 8 heavy (non-hydrogen) atoms. The Kier molecular flexibility index (Phi) is 4.78. The van der Waals surface area contributed by atoms with E-state index in [4.69, 9.17) is 0 Å². The van der Waals surface area contributed by atoms with Crippen molar-refractivity contribution in [1.29, 1.82) is 0 Å². The molecule has 0 N–H and O–H groups in total. The molecule has 1 atom stereocenters. The molecule has 0 amide bonds. The van der Waals surface area contributed by atoms with Gasteiger partial charge in [-0.25, -0.2) is 0 Å². The molecule has 0 heterocycles. The zero-order valence-corrected chi connectivity index (χ0v) is 6.26. The third-order valence-corrected chi connectivity index (χ3v) is 1.20. The van der Waals surface area contributed by atoms with Crippen molar-refractivity contribution in [3.8, 4) is 0 Å². The lowest BCUT2D eigenvalue weighted by Crippen LogP contribution is -1.76. The summed E-state index contributed by atoms with van der Waals surface area (Å²) in [5, 5.41) is 3.61. The first kappa shape index (κ1) is 7.77. The minimum absolute atomic E-state index is 0.583. The smallest absolute Gasteiger partial charge is 0.0422 e. The van der Waals surface area contributed by atoms with Crippen molar-refractivity contribution in [3.05, 3.63) is 12.8 Å². The lowest BCUT2D eigenvalue weighted by atomic mass is 10.6. The second kappa shape index (κ2) is 4.92. The summed E-state index contributed by atoms with van der Waals surface area (Å²) in [6, 6.07) is 0. The number of hydrogen-bond donors (Lipinski definition) is 0. The second-order valence-corrected chi connectivity index (χ2v) is 3.29. The fourth-order valence-corrected chi connectivity index (χ4v) is 0.569. The summed E-state index contributed by atoms with van der Waals surface area (Å²) in [5.41, 5.74) is 0.624. The van der Waals surface area contributed by atoms with Gasteiger partial charge in [-0.15, -0.1) is 0 Å². The number of hydrogen-bond acceptors (Lipinski definition) is 2. The van der Waals surface area contributed by atoms with Gasteiger partial charge in [-0.05, 0) is 5.66 Å². The van der Waals surface area contributed by atoms with Crippen LogP contribution in [0.25, 0.3) is 0 Å². The SMILES string of the molecule is C=CN=NPC(C)C. The van der Waals surface area contributed by atoms with Gasteiger partial charge in [0.1, 0.15) is 0 Å². The van der Waals surface area contributed by atoms with Crippen LogP contribution in [0, 0.1) is 0 Å². The van der Waals surface area contributed by atoms with Crippen LogP contribution in [0.3, 0.4) is 0 Å². The molecule has 0 fully saturated rings. The molecule has 3 heteroatoms. The zero-order chi connectivity index (χ0) is 6.41. The molecule has 2 nitrogen and oxygen atoms in total. The van der Waals surface area contributed by atoms with Gasteiger partial charge in [0.05, 0.1) is 0 Å². The molecule has 0 bridgehead atoms. The molecule has 0 spiro atoms. The topological polar surface area (TPSA) is 24.7 Å². The van der Waals surface area contributed by atoms with E-state index in [0.717, 1.165) is 0 Å². The van der Waals surface area contributed by atoms with E-state index in [1.54, 1.807) is 0 Å². The predicted octanol–water partition coefficient (Wildman–Crippen LogP) is 2.58. The first-order valence-corrected chi connectivity index (χ1v) is 3.56. The quantitative estimate of drug-likeness (QED) is 0.414. The molecule has 1 unspecified atom stereocenters. The molecular weight excluding hydrogens is 119 g/mol. The highest BCUT2D eigenvalue weighted by Crippen LogP contribution is 2.18. The van der Waals surface area contributed by atoms with E-state index in [0.29, 0.717) is 14.4 Å². The largest absolute Gasteiger partial charge is 0.169 e. The normalized spacial score (nSPS) is 12.4. The van der Waals surface area contributed by atoms with Crippen LogP contribution in [0.1, 0.15) is 13.8 Å². The van der Waals surface area contributed by atoms with Crippen LogP contribution in [0.15, 0.2) is 22.8 Å². The molecule has 0 aromatic heterocycles. The van der Waals surface area contributed by atoms with E-state index < -0.39 is 0 Å². The Morgan fingerprint density at radius 2 is 2.25 bits per heavy atom. The van der Waals surface area contributed by atoms with Crippen LogP contribution in [0.2, 0.25) is 0 Å². The van der Waals surface area contributed by atoms with Gasteiger partial charge in [0.15, 0.2) is 0 Å². The maximum atomic E-state index is 3.82. The number of nitrogens with zero attached hydrogens (tertiary/aromatic N) is 2. The van der Waals surface area contributed by atoms with E-state index in [1.807, 2.05) is 0 Å². The van der Waals surface area contributed by atoms with Crippen LogP contribution in [0.4, 0.5) is 0 Å². The van der Waals surface area contributed by atoms with Crippen molar-refractivity contribution >= 4 is 8.73 Å². The van der Waals surface area contributed by atoms with Gasteiger partial charge < -0.3 is 0 Å². The van der Waals surface area contributed by atoms with Crippen molar-refractivity contribution in [2.75, 3.05) is 0 Å². The lowest BCUT2D eigenvalue weighted by molar-refractivity contribution is 1.09. The van der Waals surface area contributed by atoms with E-state index >= 15 is 0 Å². The maximum absolute atomic E-state index is 3.82. The molecule has 0 rings (SSSR count). The Bertz CT molecular complexity index is 88.4. The Hall–Kier alpha value is -0.230. The van der Waals surface area contributed by atoms with Gasteiger partial charge in [-0.2, -0.15) is 10.00 Å². The van der Waals surface area contributed by atoms with Gasteiger partial charge in [-0.3, -0.25) is 0 Å². The summed E-state index contributed by atoms with van der Waals surface area (Å²) in [4.78, 5) is 3.82. The van der Waals surface area contributed by atoms with Crippen LogP contribution >= 0.6 is 8.73 Å². The van der Waals surface area contributed by atoms with Crippen molar-refractivity contribution in [2.45, 2.75) is 19.5 Å². The first-order chi connectivity index (χ1) is 3.77. The van der Waals surface area contributed by atoms with Crippen LogP contribution in [-0.2, 0) is 0 Å². The fraction of sp³-hybridized carbons (Fsp3) is 0.600. The maximum Gasteiger partial charge on any atom is 0.0422 e. The second-order valence-electron chi connectivity index (χ2n) is 1.68. The molecule has 0 aromatic carbocycles. The van der Waals surface area contributed by atoms with E-state index in [9.17, 15) is 0 Å². The summed E-state index contributed by atoms with van der Waals surface area (Å²) < 4.78 is 0. The average Bonchev–Trinajstić information content (AvgIpc) is 1.66. The Balaban J connectivity index is 3.15. The number of rotatable bonds is 3. The van der Waals surface area contributed by atoms with Crippen molar-refractivity contribution < 1.29 is 0 Å². The fourth-order valence-electron chi connectivity index (χ4n) is 0.190. The highest BCUT2D eigenvalue weighted by molar-refractivity contribution is 7.36. The highest BCUT2D eigenvalue weighted by Gasteiger charge is 1.86. The molecule has 0 saturated carbocycles. The summed E-state index contributed by atoms with van der Waals surface area (Å²) >= 11 is 0. The first-order valence-electron chi connectivity index (χ1n) is 2.53. The van der Waals surface area contributed by atoms with Gasteiger partial charge in [-0.1, -0.05) is 20.4 Å². The van der Waals surface area contributed by atoms with Crippen LogP contribution in [0.5, 0.6) is 0 Å². The average molecular weight is 130 g/mol. The molecule has 0 radical (unpaired) electrons. The van der Waals surface area contributed by atoms with Crippen LogP contribution < -0.4 is 0 Å². The standard InChI is InChI=1S/C5H11N2P/c1-4-6-7-8-5(2)3/h4-5,8H,1H2,2-3H3. The van der Waals surface area contributed by atoms with Crippen molar-refractivity contribution in [1.82, 2.24) is 0 Å².